The van der Waals surface area contributed by atoms with Crippen molar-refractivity contribution in [3.05, 3.63) is 58.4 Å². The summed E-state index contributed by atoms with van der Waals surface area (Å²) in [6, 6.07) is 6.15. The van der Waals surface area contributed by atoms with E-state index in [9.17, 15) is 32.3 Å². The summed E-state index contributed by atoms with van der Waals surface area (Å²) in [6.45, 7) is 5.77. The summed E-state index contributed by atoms with van der Waals surface area (Å²) in [4.78, 5) is 23.1. The van der Waals surface area contributed by atoms with Crippen LogP contribution in [-0.4, -0.2) is 22.6 Å². The second-order valence-electron chi connectivity index (χ2n) is 8.75. The van der Waals surface area contributed by atoms with Crippen molar-refractivity contribution < 1.29 is 41.7 Å². The third kappa shape index (κ3) is 6.85. The Morgan fingerprint density at radius 1 is 1.12 bits per heavy atom. The number of halogens is 4. The van der Waals surface area contributed by atoms with E-state index in [2.05, 4.69) is 0 Å². The number of ether oxygens (including phenoxy) is 2. The first kappa shape index (κ1) is 26.9. The number of Topliss-reactive ketones (excluding diaryl/α,β-unsaturated/α-hetero) is 1. The quantitative estimate of drug-likeness (QED) is 0.347. The van der Waals surface area contributed by atoms with Crippen molar-refractivity contribution in [3.63, 3.8) is 0 Å². The maximum absolute atomic E-state index is 14.6. The molecule has 0 unspecified atom stereocenters. The number of phenols is 1. The van der Waals surface area contributed by atoms with E-state index in [1.165, 1.54) is 26.0 Å². The lowest BCUT2D eigenvalue weighted by atomic mass is 9.97. The van der Waals surface area contributed by atoms with Gasteiger partial charge < -0.3 is 20.3 Å². The van der Waals surface area contributed by atoms with Crippen molar-refractivity contribution in [3.8, 4) is 11.5 Å². The Morgan fingerprint density at radius 2 is 1.76 bits per heavy atom. The van der Waals surface area contributed by atoms with Crippen molar-refractivity contribution in [2.75, 3.05) is 0 Å². The number of amides is 1. The van der Waals surface area contributed by atoms with Gasteiger partial charge in [0.05, 0.1) is 5.56 Å². The molecule has 0 spiro atoms. The summed E-state index contributed by atoms with van der Waals surface area (Å²) in [5.41, 5.74) is 2.77. The SMILES string of the molecule is CC(C)C(=O)c1ccc(OCc2ccc(CCC(C)(C)OC(N)=O)cc2F)c(C(F)(F)F)c1O. The van der Waals surface area contributed by atoms with Crippen LogP contribution in [0.5, 0.6) is 11.5 Å². The normalized spacial score (nSPS) is 12.0. The molecule has 186 valence electrons. The number of aryl methyl sites for hydroxylation is 1. The van der Waals surface area contributed by atoms with Crippen LogP contribution in [0.1, 0.15) is 61.2 Å². The molecule has 0 aliphatic rings. The number of carbonyl (C=O) groups excluding carboxylic acids is 2. The van der Waals surface area contributed by atoms with E-state index in [0.29, 0.717) is 18.4 Å². The molecule has 0 bridgehead atoms. The van der Waals surface area contributed by atoms with Gasteiger partial charge in [-0.2, -0.15) is 13.2 Å². The highest BCUT2D eigenvalue weighted by Gasteiger charge is 2.40. The average Bonchev–Trinajstić information content (AvgIpc) is 2.69. The molecule has 1 amide bonds. The van der Waals surface area contributed by atoms with Crippen LogP contribution in [0.2, 0.25) is 0 Å². The van der Waals surface area contributed by atoms with Crippen LogP contribution in [0, 0.1) is 11.7 Å². The molecule has 2 aromatic rings. The first-order chi connectivity index (χ1) is 15.6. The van der Waals surface area contributed by atoms with Gasteiger partial charge in [-0.05, 0) is 50.5 Å². The van der Waals surface area contributed by atoms with Crippen LogP contribution in [-0.2, 0) is 23.9 Å². The van der Waals surface area contributed by atoms with Crippen LogP contribution in [0.15, 0.2) is 30.3 Å². The van der Waals surface area contributed by atoms with E-state index in [0.717, 1.165) is 12.1 Å². The van der Waals surface area contributed by atoms with E-state index in [1.807, 2.05) is 0 Å². The van der Waals surface area contributed by atoms with Gasteiger partial charge in [-0.1, -0.05) is 26.0 Å². The Kier molecular flexibility index (Phi) is 8.18. The number of carbonyl (C=O) groups is 2. The predicted octanol–water partition coefficient (Wildman–Crippen LogP) is 5.77. The number of nitrogens with two attached hydrogens (primary N) is 1. The number of alkyl halides is 3. The summed E-state index contributed by atoms with van der Waals surface area (Å²) in [5, 5.41) is 10.2. The lowest BCUT2D eigenvalue weighted by Gasteiger charge is -2.23. The number of benzene rings is 2. The number of aromatic hydroxyl groups is 1. The van der Waals surface area contributed by atoms with E-state index < -0.39 is 64.6 Å². The molecular weight excluding hydrogens is 458 g/mol. The Labute approximate surface area is 194 Å². The minimum Gasteiger partial charge on any atom is -0.506 e. The fourth-order valence-corrected chi connectivity index (χ4v) is 3.26. The Balaban J connectivity index is 2.21. The smallest absolute Gasteiger partial charge is 0.423 e. The van der Waals surface area contributed by atoms with Crippen LogP contribution in [0.4, 0.5) is 22.4 Å². The largest absolute Gasteiger partial charge is 0.506 e. The molecule has 3 N–H and O–H groups in total. The third-order valence-electron chi connectivity index (χ3n) is 5.11. The minimum absolute atomic E-state index is 0.00802. The monoisotopic (exact) mass is 485 g/mol. The summed E-state index contributed by atoms with van der Waals surface area (Å²) < 4.78 is 65.6. The van der Waals surface area contributed by atoms with Crippen molar-refractivity contribution >= 4 is 11.9 Å². The molecule has 0 saturated carbocycles. The van der Waals surface area contributed by atoms with E-state index >= 15 is 0 Å². The maximum Gasteiger partial charge on any atom is 0.423 e. The fraction of sp³-hybridized carbons (Fsp3) is 0.417. The molecule has 34 heavy (non-hydrogen) atoms. The minimum atomic E-state index is -5.01. The highest BCUT2D eigenvalue weighted by atomic mass is 19.4. The molecule has 0 aliphatic carbocycles. The molecule has 0 aliphatic heterocycles. The standard InChI is InChI=1S/C24H27F4NO5/c1-13(2)20(30)16-7-8-18(19(21(16)31)24(26,27)28)33-12-15-6-5-14(11-17(15)25)9-10-23(3,4)34-22(29)32/h5-8,11,13,31H,9-10,12H2,1-4H3,(H2,29,32). The van der Waals surface area contributed by atoms with E-state index in [1.54, 1.807) is 19.9 Å². The van der Waals surface area contributed by atoms with Gasteiger partial charge in [0.15, 0.2) is 5.78 Å². The molecule has 2 rings (SSSR count). The number of ketones is 1. The van der Waals surface area contributed by atoms with Crippen molar-refractivity contribution in [2.24, 2.45) is 11.7 Å². The fourth-order valence-electron chi connectivity index (χ4n) is 3.26. The average molecular weight is 485 g/mol. The van der Waals surface area contributed by atoms with Crippen LogP contribution in [0.3, 0.4) is 0 Å². The summed E-state index contributed by atoms with van der Waals surface area (Å²) in [7, 11) is 0. The Hall–Kier alpha value is -3.30. The second kappa shape index (κ2) is 10.3. The van der Waals surface area contributed by atoms with Gasteiger partial charge in [0, 0.05) is 11.5 Å². The van der Waals surface area contributed by atoms with Crippen LogP contribution >= 0.6 is 0 Å². The van der Waals surface area contributed by atoms with Gasteiger partial charge in [-0.15, -0.1) is 0 Å². The van der Waals surface area contributed by atoms with Gasteiger partial charge in [-0.25, -0.2) is 9.18 Å². The zero-order chi connectivity index (χ0) is 25.8. The van der Waals surface area contributed by atoms with Crippen molar-refractivity contribution in [2.45, 2.75) is 58.9 Å². The molecule has 0 saturated heterocycles. The van der Waals surface area contributed by atoms with Gasteiger partial charge in [0.25, 0.3) is 0 Å². The first-order valence-corrected chi connectivity index (χ1v) is 10.5. The first-order valence-electron chi connectivity index (χ1n) is 10.5. The van der Waals surface area contributed by atoms with Crippen molar-refractivity contribution in [1.82, 2.24) is 0 Å². The zero-order valence-electron chi connectivity index (χ0n) is 19.3. The lowest BCUT2D eigenvalue weighted by Crippen LogP contribution is -2.31. The molecular formula is C24H27F4NO5. The molecule has 0 atom stereocenters. The molecule has 10 heteroatoms. The number of primary amides is 1. The summed E-state index contributed by atoms with van der Waals surface area (Å²) in [6.07, 6.45) is -5.21. The maximum atomic E-state index is 14.6. The lowest BCUT2D eigenvalue weighted by molar-refractivity contribution is -0.140. The van der Waals surface area contributed by atoms with Crippen molar-refractivity contribution in [1.29, 1.82) is 0 Å². The second-order valence-corrected chi connectivity index (χ2v) is 8.75. The highest BCUT2D eigenvalue weighted by molar-refractivity contribution is 6.00. The van der Waals surface area contributed by atoms with Gasteiger partial charge >= 0.3 is 12.3 Å². The number of hydrogen-bond donors (Lipinski definition) is 2. The van der Waals surface area contributed by atoms with E-state index in [4.69, 9.17) is 15.2 Å². The molecule has 6 nitrogen and oxygen atoms in total. The topological polar surface area (TPSA) is 98.9 Å². The van der Waals surface area contributed by atoms with Crippen LogP contribution in [0.25, 0.3) is 0 Å². The van der Waals surface area contributed by atoms with E-state index in [-0.39, 0.29) is 5.56 Å². The Bertz CT molecular complexity index is 1060. The van der Waals surface area contributed by atoms with Gasteiger partial charge in [-0.3, -0.25) is 4.79 Å². The Morgan fingerprint density at radius 3 is 2.29 bits per heavy atom. The molecule has 0 radical (unpaired) electrons. The van der Waals surface area contributed by atoms with Gasteiger partial charge in [0.1, 0.15) is 35.1 Å². The highest BCUT2D eigenvalue weighted by Crippen LogP contribution is 2.44. The summed E-state index contributed by atoms with van der Waals surface area (Å²) >= 11 is 0. The summed E-state index contributed by atoms with van der Waals surface area (Å²) in [5.74, 6) is -3.92. The molecule has 0 aromatic heterocycles. The zero-order valence-corrected chi connectivity index (χ0v) is 19.3. The molecule has 0 fully saturated rings. The predicted molar refractivity (Wildman–Crippen MR) is 116 cm³/mol. The number of hydrogen-bond acceptors (Lipinski definition) is 5. The van der Waals surface area contributed by atoms with Crippen LogP contribution < -0.4 is 10.5 Å². The molecule has 2 aromatic carbocycles. The number of rotatable bonds is 9. The van der Waals surface area contributed by atoms with Gasteiger partial charge in [0.2, 0.25) is 0 Å². The third-order valence-corrected chi connectivity index (χ3v) is 5.11. The molecule has 0 heterocycles. The number of phenolic OH excluding ortho intramolecular Hbond substituents is 1.